The Labute approximate surface area is 165 Å². The largest absolute Gasteiger partial charge is 0.491 e. The van der Waals surface area contributed by atoms with Gasteiger partial charge in [-0.1, -0.05) is 32.9 Å². The van der Waals surface area contributed by atoms with Gasteiger partial charge in [0, 0.05) is 12.7 Å². The first kappa shape index (κ1) is 19.7. The summed E-state index contributed by atoms with van der Waals surface area (Å²) in [5.74, 6) is 0.742. The van der Waals surface area contributed by atoms with Gasteiger partial charge in [-0.05, 0) is 41.3 Å². The lowest BCUT2D eigenvalue weighted by atomic mass is 9.87. The number of hydrogen-bond acceptors (Lipinski definition) is 4. The Morgan fingerprint density at radius 2 is 1.89 bits per heavy atom. The van der Waals surface area contributed by atoms with Crippen molar-refractivity contribution in [3.05, 3.63) is 53.6 Å². The molecule has 0 fully saturated rings. The second-order valence-corrected chi connectivity index (χ2v) is 7.90. The summed E-state index contributed by atoms with van der Waals surface area (Å²) in [6, 6.07) is 12.8. The van der Waals surface area contributed by atoms with E-state index in [1.165, 1.54) is 5.56 Å². The molecule has 28 heavy (non-hydrogen) atoms. The minimum absolute atomic E-state index is 0.0659. The summed E-state index contributed by atoms with van der Waals surface area (Å²) in [4.78, 5) is 26.2. The summed E-state index contributed by atoms with van der Waals surface area (Å²) in [7, 11) is 1.73. The molecule has 1 heterocycles. The van der Waals surface area contributed by atoms with Gasteiger partial charge in [-0.3, -0.25) is 9.59 Å². The fraction of sp³-hybridized carbons (Fsp3) is 0.364. The van der Waals surface area contributed by atoms with Gasteiger partial charge in [0.25, 0.3) is 11.8 Å². The lowest BCUT2D eigenvalue weighted by molar-refractivity contribution is -0.118. The van der Waals surface area contributed by atoms with Gasteiger partial charge in [0.2, 0.25) is 0 Å². The number of hydrogen-bond donors (Lipinski definition) is 1. The molecule has 1 N–H and O–H groups in total. The highest BCUT2D eigenvalue weighted by Crippen LogP contribution is 2.26. The summed E-state index contributed by atoms with van der Waals surface area (Å²) in [5.41, 5.74) is 2.24. The first-order valence-electron chi connectivity index (χ1n) is 9.29. The molecule has 0 radical (unpaired) electrons. The van der Waals surface area contributed by atoms with Crippen LogP contribution in [-0.2, 0) is 10.2 Å². The van der Waals surface area contributed by atoms with Crippen molar-refractivity contribution in [3.8, 4) is 11.5 Å². The van der Waals surface area contributed by atoms with Crippen LogP contribution in [0.5, 0.6) is 11.5 Å². The van der Waals surface area contributed by atoms with E-state index in [1.807, 2.05) is 24.3 Å². The van der Waals surface area contributed by atoms with Crippen molar-refractivity contribution in [2.24, 2.45) is 0 Å². The fourth-order valence-electron chi connectivity index (χ4n) is 2.90. The molecule has 0 aromatic heterocycles. The maximum absolute atomic E-state index is 12.4. The molecule has 0 saturated carbocycles. The van der Waals surface area contributed by atoms with Crippen LogP contribution >= 0.6 is 0 Å². The number of anilines is 1. The molecule has 0 unspecified atom stereocenters. The van der Waals surface area contributed by atoms with E-state index in [4.69, 9.17) is 9.47 Å². The van der Waals surface area contributed by atoms with E-state index in [9.17, 15) is 9.59 Å². The number of rotatable bonds is 4. The monoisotopic (exact) mass is 382 g/mol. The summed E-state index contributed by atoms with van der Waals surface area (Å²) >= 11 is 0. The first-order valence-corrected chi connectivity index (χ1v) is 9.29. The van der Waals surface area contributed by atoms with Crippen LogP contribution in [0.2, 0.25) is 0 Å². The highest BCUT2D eigenvalue weighted by Gasteiger charge is 2.21. The highest BCUT2D eigenvalue weighted by molar-refractivity contribution is 5.99. The Morgan fingerprint density at radius 1 is 1.18 bits per heavy atom. The molecular formula is C22H26N2O4. The van der Waals surface area contributed by atoms with Gasteiger partial charge in [-0.2, -0.15) is 0 Å². The third-order valence-corrected chi connectivity index (χ3v) is 4.61. The van der Waals surface area contributed by atoms with Crippen LogP contribution in [0.25, 0.3) is 0 Å². The highest BCUT2D eigenvalue weighted by atomic mass is 16.5. The second kappa shape index (κ2) is 7.92. The zero-order valence-corrected chi connectivity index (χ0v) is 16.7. The molecule has 3 rings (SSSR count). The molecular weight excluding hydrogens is 356 g/mol. The fourth-order valence-corrected chi connectivity index (χ4v) is 2.90. The smallest absolute Gasteiger partial charge is 0.262 e. The Bertz CT molecular complexity index is 869. The molecule has 0 saturated heterocycles. The number of fused-ring (bicyclic) bond motifs is 1. The normalized spacial score (nSPS) is 14.0. The van der Waals surface area contributed by atoms with E-state index in [-0.39, 0.29) is 23.8 Å². The summed E-state index contributed by atoms with van der Waals surface area (Å²) in [6.07, 6.45) is 0. The zero-order valence-electron chi connectivity index (χ0n) is 16.7. The minimum Gasteiger partial charge on any atom is -0.491 e. The van der Waals surface area contributed by atoms with Crippen molar-refractivity contribution in [1.29, 1.82) is 0 Å². The molecule has 0 spiro atoms. The number of carbonyl (C=O) groups excluding carboxylic acids is 2. The third kappa shape index (κ3) is 4.63. The van der Waals surface area contributed by atoms with Crippen LogP contribution in [0, 0.1) is 0 Å². The lowest BCUT2D eigenvalue weighted by Gasteiger charge is -2.19. The van der Waals surface area contributed by atoms with Gasteiger partial charge >= 0.3 is 0 Å². The second-order valence-electron chi connectivity index (χ2n) is 7.90. The van der Waals surface area contributed by atoms with Crippen LogP contribution in [0.3, 0.4) is 0 Å². The molecule has 2 aromatic rings. The van der Waals surface area contributed by atoms with Crippen LogP contribution in [0.15, 0.2) is 42.5 Å². The van der Waals surface area contributed by atoms with Gasteiger partial charge in [0.1, 0.15) is 18.1 Å². The van der Waals surface area contributed by atoms with E-state index in [0.717, 1.165) is 0 Å². The molecule has 148 valence electrons. The number of amides is 2. The van der Waals surface area contributed by atoms with Crippen molar-refractivity contribution >= 4 is 17.5 Å². The van der Waals surface area contributed by atoms with E-state index < -0.39 is 0 Å². The van der Waals surface area contributed by atoms with Gasteiger partial charge in [-0.25, -0.2) is 0 Å². The van der Waals surface area contributed by atoms with Crippen LogP contribution in [0.4, 0.5) is 5.69 Å². The summed E-state index contributed by atoms with van der Waals surface area (Å²) in [5, 5.41) is 2.76. The van der Waals surface area contributed by atoms with Crippen LogP contribution in [-0.4, -0.2) is 43.5 Å². The Balaban J connectivity index is 1.61. The Morgan fingerprint density at radius 3 is 2.57 bits per heavy atom. The SMILES string of the molecule is CN1CCOc2ccc(NC(=O)COc3ccc(C(C)(C)C)cc3)cc2C1=O. The van der Waals surface area contributed by atoms with Gasteiger partial charge in [-0.15, -0.1) is 0 Å². The van der Waals surface area contributed by atoms with E-state index >= 15 is 0 Å². The molecule has 1 aliphatic rings. The maximum Gasteiger partial charge on any atom is 0.262 e. The van der Waals surface area contributed by atoms with Gasteiger partial charge in [0.05, 0.1) is 12.1 Å². The Kier molecular flexibility index (Phi) is 5.58. The Hall–Kier alpha value is -3.02. The standard InChI is InChI=1S/C22H26N2O4/c1-22(2,3)15-5-8-17(9-6-15)28-14-20(25)23-16-7-10-19-18(13-16)21(26)24(4)11-12-27-19/h5-10,13H,11-12,14H2,1-4H3,(H,23,25). The number of nitrogens with zero attached hydrogens (tertiary/aromatic N) is 1. The molecule has 0 bridgehead atoms. The average molecular weight is 382 g/mol. The predicted octanol–water partition coefficient (Wildman–Crippen LogP) is 3.47. The third-order valence-electron chi connectivity index (χ3n) is 4.61. The van der Waals surface area contributed by atoms with E-state index in [0.29, 0.717) is 35.9 Å². The van der Waals surface area contributed by atoms with Crippen LogP contribution in [0.1, 0.15) is 36.7 Å². The van der Waals surface area contributed by atoms with Crippen molar-refractivity contribution in [3.63, 3.8) is 0 Å². The van der Waals surface area contributed by atoms with E-state index in [1.54, 1.807) is 30.1 Å². The van der Waals surface area contributed by atoms with Crippen molar-refractivity contribution in [1.82, 2.24) is 4.90 Å². The summed E-state index contributed by atoms with van der Waals surface area (Å²) in [6.45, 7) is 7.29. The number of nitrogens with one attached hydrogen (secondary N) is 1. The maximum atomic E-state index is 12.4. The lowest BCUT2D eigenvalue weighted by Crippen LogP contribution is -2.28. The predicted molar refractivity (Wildman–Crippen MR) is 108 cm³/mol. The number of benzene rings is 2. The van der Waals surface area contributed by atoms with Gasteiger partial charge < -0.3 is 19.7 Å². The van der Waals surface area contributed by atoms with Crippen molar-refractivity contribution in [2.45, 2.75) is 26.2 Å². The van der Waals surface area contributed by atoms with Crippen LogP contribution < -0.4 is 14.8 Å². The van der Waals surface area contributed by atoms with Crippen molar-refractivity contribution < 1.29 is 19.1 Å². The summed E-state index contributed by atoms with van der Waals surface area (Å²) < 4.78 is 11.2. The molecule has 1 aliphatic heterocycles. The molecule has 2 aromatic carbocycles. The number of carbonyl (C=O) groups is 2. The molecule has 0 aliphatic carbocycles. The molecule has 6 nitrogen and oxygen atoms in total. The average Bonchev–Trinajstić information content (AvgIpc) is 2.79. The molecule has 2 amide bonds. The molecule has 0 atom stereocenters. The minimum atomic E-state index is -0.296. The number of likely N-dealkylation sites (N-methyl/N-ethyl adjacent to an activating group) is 1. The van der Waals surface area contributed by atoms with Crippen molar-refractivity contribution in [2.75, 3.05) is 32.1 Å². The number of ether oxygens (including phenoxy) is 2. The van der Waals surface area contributed by atoms with E-state index in [2.05, 4.69) is 26.1 Å². The van der Waals surface area contributed by atoms with Gasteiger partial charge in [0.15, 0.2) is 6.61 Å². The topological polar surface area (TPSA) is 67.9 Å². The zero-order chi connectivity index (χ0) is 20.3. The molecule has 6 heteroatoms. The first-order chi connectivity index (χ1) is 13.2. The quantitative estimate of drug-likeness (QED) is 0.879.